The summed E-state index contributed by atoms with van der Waals surface area (Å²) in [5, 5.41) is 1.17. The highest BCUT2D eigenvalue weighted by molar-refractivity contribution is 6.43. The zero-order chi connectivity index (χ0) is 11.0. The fourth-order valence-electron chi connectivity index (χ4n) is 1.80. The summed E-state index contributed by atoms with van der Waals surface area (Å²) in [5.41, 5.74) is 6.85. The summed E-state index contributed by atoms with van der Waals surface area (Å²) in [4.78, 5) is 3.87. The zero-order valence-corrected chi connectivity index (χ0v) is 11.5. The monoisotopic (exact) mass is 300 g/mol. The van der Waals surface area contributed by atoms with Gasteiger partial charge in [0.2, 0.25) is 0 Å². The number of hydrogen-bond donors (Lipinski definition) is 1. The fraction of sp³-hybridized carbons (Fsp3) is 0.500. The van der Waals surface area contributed by atoms with Crippen molar-refractivity contribution in [2.24, 2.45) is 11.7 Å². The van der Waals surface area contributed by atoms with Crippen molar-refractivity contribution in [2.45, 2.75) is 25.3 Å². The van der Waals surface area contributed by atoms with Crippen molar-refractivity contribution in [3.8, 4) is 0 Å². The molecule has 0 amide bonds. The van der Waals surface area contributed by atoms with E-state index in [1.807, 2.05) is 0 Å². The fourth-order valence-corrected chi connectivity index (χ4v) is 2.54. The van der Waals surface area contributed by atoms with Crippen LogP contribution in [0.15, 0.2) is 6.20 Å². The van der Waals surface area contributed by atoms with Crippen LogP contribution in [0, 0.1) is 5.92 Å². The first-order valence-electron chi connectivity index (χ1n) is 4.86. The molecule has 2 N–H and O–H groups in total. The molecule has 0 bridgehead atoms. The summed E-state index contributed by atoms with van der Waals surface area (Å²) in [6, 6.07) is -0.126. The van der Waals surface area contributed by atoms with E-state index in [9.17, 15) is 0 Å². The quantitative estimate of drug-likeness (QED) is 0.829. The SMILES string of the molecule is Cl.N[C@H](c1c(Cl)cnc(Cl)c1Cl)C1CCC1. The van der Waals surface area contributed by atoms with E-state index in [1.165, 1.54) is 12.6 Å². The van der Waals surface area contributed by atoms with Gasteiger partial charge in [-0.3, -0.25) is 0 Å². The molecule has 1 aromatic heterocycles. The van der Waals surface area contributed by atoms with Gasteiger partial charge >= 0.3 is 0 Å². The maximum absolute atomic E-state index is 6.12. The Labute approximate surface area is 116 Å². The molecular weight excluding hydrogens is 290 g/mol. The molecule has 90 valence electrons. The van der Waals surface area contributed by atoms with Crippen LogP contribution in [-0.4, -0.2) is 4.98 Å². The second kappa shape index (κ2) is 5.74. The van der Waals surface area contributed by atoms with Gasteiger partial charge in [-0.15, -0.1) is 12.4 Å². The van der Waals surface area contributed by atoms with Gasteiger partial charge in [-0.2, -0.15) is 0 Å². The van der Waals surface area contributed by atoms with Crippen LogP contribution >= 0.6 is 47.2 Å². The average Bonchev–Trinajstić information content (AvgIpc) is 2.09. The van der Waals surface area contributed by atoms with Crippen molar-refractivity contribution in [3.63, 3.8) is 0 Å². The van der Waals surface area contributed by atoms with E-state index in [1.54, 1.807) is 0 Å². The molecule has 1 fully saturated rings. The highest BCUT2D eigenvalue weighted by atomic mass is 35.5. The summed E-state index contributed by atoms with van der Waals surface area (Å²) in [6.45, 7) is 0. The minimum Gasteiger partial charge on any atom is -0.324 e. The van der Waals surface area contributed by atoms with Gasteiger partial charge < -0.3 is 5.73 Å². The van der Waals surface area contributed by atoms with Crippen LogP contribution in [0.4, 0.5) is 0 Å². The summed E-state index contributed by atoms with van der Waals surface area (Å²) in [7, 11) is 0. The van der Waals surface area contributed by atoms with Gasteiger partial charge in [0, 0.05) is 17.8 Å². The first-order valence-corrected chi connectivity index (χ1v) is 5.99. The van der Waals surface area contributed by atoms with Crippen molar-refractivity contribution in [1.82, 2.24) is 4.98 Å². The van der Waals surface area contributed by atoms with Gasteiger partial charge in [-0.05, 0) is 18.8 Å². The third-order valence-corrected chi connectivity index (χ3v) is 4.02. The third kappa shape index (κ3) is 2.57. The minimum absolute atomic E-state index is 0. The number of aromatic nitrogens is 1. The topological polar surface area (TPSA) is 38.9 Å². The van der Waals surface area contributed by atoms with Gasteiger partial charge in [-0.1, -0.05) is 41.2 Å². The van der Waals surface area contributed by atoms with E-state index in [4.69, 9.17) is 40.5 Å². The number of nitrogens with two attached hydrogens (primary N) is 1. The van der Waals surface area contributed by atoms with Crippen LogP contribution < -0.4 is 5.73 Å². The summed E-state index contributed by atoms with van der Waals surface area (Å²) < 4.78 is 0. The Morgan fingerprint density at radius 3 is 2.44 bits per heavy atom. The second-order valence-electron chi connectivity index (χ2n) is 3.84. The van der Waals surface area contributed by atoms with Crippen molar-refractivity contribution in [1.29, 1.82) is 0 Å². The van der Waals surface area contributed by atoms with Gasteiger partial charge in [0.05, 0.1) is 10.0 Å². The maximum Gasteiger partial charge on any atom is 0.148 e. The molecule has 0 aliphatic heterocycles. The lowest BCUT2D eigenvalue weighted by Crippen LogP contribution is -2.27. The van der Waals surface area contributed by atoms with Crippen LogP contribution in [-0.2, 0) is 0 Å². The number of nitrogens with zero attached hydrogens (tertiary/aromatic N) is 1. The molecule has 2 nitrogen and oxygen atoms in total. The van der Waals surface area contributed by atoms with Gasteiger partial charge in [0.15, 0.2) is 0 Å². The summed E-state index contributed by atoms with van der Waals surface area (Å²) in [6.07, 6.45) is 5.00. The van der Waals surface area contributed by atoms with Crippen molar-refractivity contribution in [3.05, 3.63) is 27.0 Å². The molecule has 1 aromatic rings. The number of pyridine rings is 1. The Morgan fingerprint density at radius 2 is 1.94 bits per heavy atom. The first-order chi connectivity index (χ1) is 7.11. The molecule has 1 atom stereocenters. The molecule has 0 spiro atoms. The molecule has 0 unspecified atom stereocenters. The highest BCUT2D eigenvalue weighted by Gasteiger charge is 2.29. The van der Waals surface area contributed by atoms with Crippen LogP contribution in [0.2, 0.25) is 15.2 Å². The number of halogens is 4. The van der Waals surface area contributed by atoms with Gasteiger partial charge in [0.1, 0.15) is 5.15 Å². The molecule has 2 rings (SSSR count). The smallest absolute Gasteiger partial charge is 0.148 e. The normalized spacial score (nSPS) is 17.5. The standard InChI is InChI=1S/C10H11Cl3N2.ClH/c11-6-4-15-10(13)8(12)7(6)9(14)5-2-1-3-5;/h4-5,9H,1-3,14H2;1H/t9-;/m0./s1. The minimum atomic E-state index is -0.126. The summed E-state index contributed by atoms with van der Waals surface area (Å²) in [5.74, 6) is 0.471. The largest absolute Gasteiger partial charge is 0.324 e. The van der Waals surface area contributed by atoms with E-state index < -0.39 is 0 Å². The molecular formula is C10H12Cl4N2. The Kier molecular flexibility index (Phi) is 5.14. The molecule has 0 radical (unpaired) electrons. The Morgan fingerprint density at radius 1 is 1.31 bits per heavy atom. The molecule has 16 heavy (non-hydrogen) atoms. The van der Waals surface area contributed by atoms with E-state index in [0.29, 0.717) is 16.0 Å². The molecule has 1 heterocycles. The predicted octanol–water partition coefficient (Wildman–Crippen LogP) is 4.26. The van der Waals surface area contributed by atoms with Gasteiger partial charge in [0.25, 0.3) is 0 Å². The van der Waals surface area contributed by atoms with Crippen LogP contribution in [0.5, 0.6) is 0 Å². The van der Waals surface area contributed by atoms with E-state index in [-0.39, 0.29) is 23.6 Å². The first kappa shape index (κ1) is 14.3. The second-order valence-corrected chi connectivity index (χ2v) is 4.98. The van der Waals surface area contributed by atoms with E-state index >= 15 is 0 Å². The van der Waals surface area contributed by atoms with Crippen molar-refractivity contribution >= 4 is 47.2 Å². The maximum atomic E-state index is 6.12. The molecule has 0 aromatic carbocycles. The highest BCUT2D eigenvalue weighted by Crippen LogP contribution is 2.42. The van der Waals surface area contributed by atoms with Gasteiger partial charge in [-0.25, -0.2) is 4.98 Å². The van der Waals surface area contributed by atoms with Crippen LogP contribution in [0.3, 0.4) is 0 Å². The molecule has 6 heteroatoms. The molecule has 1 aliphatic rings. The Bertz CT molecular complexity index is 379. The lowest BCUT2D eigenvalue weighted by Gasteiger charge is -2.32. The molecule has 1 aliphatic carbocycles. The van der Waals surface area contributed by atoms with E-state index in [0.717, 1.165) is 18.4 Å². The van der Waals surface area contributed by atoms with Crippen LogP contribution in [0.1, 0.15) is 30.9 Å². The summed E-state index contributed by atoms with van der Waals surface area (Å²) >= 11 is 17.9. The lowest BCUT2D eigenvalue weighted by molar-refractivity contribution is 0.264. The number of rotatable bonds is 2. The Hall–Kier alpha value is 0.270. The predicted molar refractivity (Wildman–Crippen MR) is 70.8 cm³/mol. The number of hydrogen-bond acceptors (Lipinski definition) is 2. The van der Waals surface area contributed by atoms with Crippen molar-refractivity contribution in [2.75, 3.05) is 0 Å². The van der Waals surface area contributed by atoms with Crippen molar-refractivity contribution < 1.29 is 0 Å². The third-order valence-electron chi connectivity index (χ3n) is 2.96. The average molecular weight is 302 g/mol. The van der Waals surface area contributed by atoms with E-state index in [2.05, 4.69) is 4.98 Å². The zero-order valence-electron chi connectivity index (χ0n) is 8.42. The lowest BCUT2D eigenvalue weighted by atomic mass is 9.78. The molecule has 0 saturated heterocycles. The Balaban J connectivity index is 0.00000128. The van der Waals surface area contributed by atoms with Crippen LogP contribution in [0.25, 0.3) is 0 Å². The molecule has 1 saturated carbocycles.